The van der Waals surface area contributed by atoms with Crippen molar-refractivity contribution in [3.8, 4) is 5.75 Å². The van der Waals surface area contributed by atoms with Crippen LogP contribution in [0.5, 0.6) is 5.75 Å². The number of rotatable bonds is 10. The number of nitrogens with zero attached hydrogens (tertiary/aromatic N) is 3. The fraction of sp³-hybridized carbons (Fsp3) is 0.321. The van der Waals surface area contributed by atoms with Crippen molar-refractivity contribution in [2.75, 3.05) is 56.3 Å². The lowest BCUT2D eigenvalue weighted by molar-refractivity contribution is 0.235. The van der Waals surface area contributed by atoms with Crippen molar-refractivity contribution in [3.05, 3.63) is 90.0 Å². The predicted molar refractivity (Wildman–Crippen MR) is 142 cm³/mol. The zero-order chi connectivity index (χ0) is 26.0. The first-order valence-electron chi connectivity index (χ1n) is 12.4. The number of piperazine rings is 1. The van der Waals surface area contributed by atoms with E-state index in [1.165, 1.54) is 24.3 Å². The van der Waals surface area contributed by atoms with Crippen molar-refractivity contribution in [1.82, 2.24) is 15.6 Å². The smallest absolute Gasteiger partial charge is 0.333 e. The van der Waals surface area contributed by atoms with Crippen LogP contribution in [0.4, 0.5) is 25.0 Å². The lowest BCUT2D eigenvalue weighted by Gasteiger charge is -2.36. The fourth-order valence-corrected chi connectivity index (χ4v) is 4.36. The van der Waals surface area contributed by atoms with E-state index in [-0.39, 0.29) is 17.7 Å². The van der Waals surface area contributed by atoms with Gasteiger partial charge in [-0.3, -0.25) is 9.91 Å². The summed E-state index contributed by atoms with van der Waals surface area (Å²) in [6, 6.07) is 19.6. The second kappa shape index (κ2) is 12.9. The van der Waals surface area contributed by atoms with Gasteiger partial charge < -0.3 is 15.0 Å². The van der Waals surface area contributed by atoms with Gasteiger partial charge in [0.1, 0.15) is 17.4 Å². The van der Waals surface area contributed by atoms with Gasteiger partial charge in [-0.05, 0) is 67.1 Å². The quantitative estimate of drug-likeness (QED) is 0.313. The van der Waals surface area contributed by atoms with E-state index in [1.807, 2.05) is 18.2 Å². The topological polar surface area (TPSA) is 60.1 Å². The van der Waals surface area contributed by atoms with Crippen LogP contribution in [-0.4, -0.2) is 57.3 Å². The van der Waals surface area contributed by atoms with Gasteiger partial charge in [0.25, 0.3) is 0 Å². The first-order chi connectivity index (χ1) is 18.0. The fourth-order valence-electron chi connectivity index (χ4n) is 4.36. The Hall–Kier alpha value is -3.85. The molecular formula is C28H33F2N5O2. The number of anilines is 2. The molecule has 37 heavy (non-hydrogen) atoms. The lowest BCUT2D eigenvalue weighted by Crippen LogP contribution is -2.49. The molecule has 0 radical (unpaired) electrons. The molecule has 1 saturated heterocycles. The van der Waals surface area contributed by atoms with Crippen molar-refractivity contribution in [2.24, 2.45) is 0 Å². The number of methoxy groups -OCH3 is 1. The molecule has 0 atom stereocenters. The van der Waals surface area contributed by atoms with Crippen molar-refractivity contribution >= 4 is 17.4 Å². The number of hydrogen-bond acceptors (Lipinski definition) is 5. The molecule has 3 aromatic carbocycles. The predicted octanol–water partition coefficient (Wildman–Crippen LogP) is 4.41. The maximum absolute atomic E-state index is 13.4. The minimum atomic E-state index is -0.362. The van der Waals surface area contributed by atoms with E-state index in [4.69, 9.17) is 4.74 Å². The van der Waals surface area contributed by atoms with E-state index < -0.39 is 0 Å². The number of amides is 2. The first-order valence-corrected chi connectivity index (χ1v) is 12.4. The van der Waals surface area contributed by atoms with E-state index in [0.29, 0.717) is 18.8 Å². The normalized spacial score (nSPS) is 13.8. The van der Waals surface area contributed by atoms with Gasteiger partial charge in [-0.15, -0.1) is 0 Å². The molecule has 2 N–H and O–H groups in total. The Morgan fingerprint density at radius 3 is 2.24 bits per heavy atom. The van der Waals surface area contributed by atoms with Gasteiger partial charge in [-0.2, -0.15) is 0 Å². The summed E-state index contributed by atoms with van der Waals surface area (Å²) in [5, 5.41) is 4.51. The monoisotopic (exact) mass is 509 g/mol. The van der Waals surface area contributed by atoms with Crippen LogP contribution >= 0.6 is 0 Å². The lowest BCUT2D eigenvalue weighted by atomic mass is 10.2. The number of benzene rings is 3. The van der Waals surface area contributed by atoms with Crippen molar-refractivity contribution in [1.29, 1.82) is 0 Å². The van der Waals surface area contributed by atoms with Crippen LogP contribution in [-0.2, 0) is 6.54 Å². The Labute approximate surface area is 216 Å². The van der Waals surface area contributed by atoms with E-state index in [1.54, 1.807) is 36.4 Å². The Bertz CT molecular complexity index is 1140. The standard InChI is InChI=1S/C28H33F2N5O2/c1-37-27-6-3-2-5-26(27)34-19-17-33(18-20-34)16-4-15-31-28(36)32-35(25-13-11-24(30)12-14-25)21-22-7-9-23(29)10-8-22/h2-3,5-14H,4,15-21H2,1H3,(H2,31,32,36). The molecule has 0 unspecified atom stereocenters. The van der Waals surface area contributed by atoms with Crippen molar-refractivity contribution in [3.63, 3.8) is 0 Å². The van der Waals surface area contributed by atoms with Gasteiger partial charge in [-0.25, -0.2) is 19.0 Å². The van der Waals surface area contributed by atoms with E-state index in [0.717, 1.165) is 56.1 Å². The third kappa shape index (κ3) is 7.57. The number of halogens is 2. The second-order valence-corrected chi connectivity index (χ2v) is 8.91. The number of carbonyl (C=O) groups is 1. The van der Waals surface area contributed by atoms with E-state index in [2.05, 4.69) is 26.6 Å². The van der Waals surface area contributed by atoms with Crippen LogP contribution < -0.4 is 25.4 Å². The first kappa shape index (κ1) is 26.2. The molecule has 196 valence electrons. The van der Waals surface area contributed by atoms with Gasteiger partial charge >= 0.3 is 6.03 Å². The highest BCUT2D eigenvalue weighted by Crippen LogP contribution is 2.28. The van der Waals surface area contributed by atoms with Crippen LogP contribution in [0, 0.1) is 11.6 Å². The summed E-state index contributed by atoms with van der Waals surface area (Å²) in [5.41, 5.74) is 5.37. The Balaban J connectivity index is 1.22. The number of para-hydroxylation sites is 2. The van der Waals surface area contributed by atoms with Crippen LogP contribution in [0.2, 0.25) is 0 Å². The highest BCUT2D eigenvalue weighted by atomic mass is 19.1. The molecule has 0 bridgehead atoms. The number of nitrogens with one attached hydrogen (secondary N) is 2. The molecule has 0 aliphatic carbocycles. The number of urea groups is 1. The van der Waals surface area contributed by atoms with E-state index in [9.17, 15) is 13.6 Å². The second-order valence-electron chi connectivity index (χ2n) is 8.91. The third-order valence-electron chi connectivity index (χ3n) is 6.36. The minimum Gasteiger partial charge on any atom is -0.495 e. The number of ether oxygens (including phenoxy) is 1. The molecule has 4 rings (SSSR count). The minimum absolute atomic E-state index is 0.301. The Morgan fingerprint density at radius 1 is 0.919 bits per heavy atom. The summed E-state index contributed by atoms with van der Waals surface area (Å²) in [7, 11) is 1.69. The SMILES string of the molecule is COc1ccccc1N1CCN(CCCNC(=O)NN(Cc2ccc(F)cc2)c2ccc(F)cc2)CC1. The van der Waals surface area contributed by atoms with E-state index >= 15 is 0 Å². The molecule has 1 aliphatic rings. The maximum Gasteiger partial charge on any atom is 0.333 e. The summed E-state index contributed by atoms with van der Waals surface area (Å²) in [6.45, 7) is 5.44. The summed E-state index contributed by atoms with van der Waals surface area (Å²) < 4.78 is 32.2. The molecule has 1 heterocycles. The molecule has 7 nitrogen and oxygen atoms in total. The van der Waals surface area contributed by atoms with Crippen molar-refractivity contribution < 1.29 is 18.3 Å². The average Bonchev–Trinajstić information content (AvgIpc) is 2.93. The molecule has 1 fully saturated rings. The van der Waals surface area contributed by atoms with Gasteiger partial charge in [0.05, 0.1) is 25.0 Å². The average molecular weight is 510 g/mol. The molecule has 0 saturated carbocycles. The highest BCUT2D eigenvalue weighted by Gasteiger charge is 2.19. The zero-order valence-electron chi connectivity index (χ0n) is 21.0. The highest BCUT2D eigenvalue weighted by molar-refractivity contribution is 5.76. The van der Waals surface area contributed by atoms with Crippen LogP contribution in [0.3, 0.4) is 0 Å². The van der Waals surface area contributed by atoms with Gasteiger partial charge in [0.2, 0.25) is 0 Å². The van der Waals surface area contributed by atoms with Crippen LogP contribution in [0.25, 0.3) is 0 Å². The number of hydrazine groups is 1. The molecule has 0 spiro atoms. The largest absolute Gasteiger partial charge is 0.495 e. The summed E-state index contributed by atoms with van der Waals surface area (Å²) in [4.78, 5) is 17.4. The maximum atomic E-state index is 13.4. The molecular weight excluding hydrogens is 476 g/mol. The van der Waals surface area contributed by atoms with Gasteiger partial charge in [0, 0.05) is 32.7 Å². The number of carbonyl (C=O) groups excluding carboxylic acids is 1. The molecule has 0 aromatic heterocycles. The molecule has 1 aliphatic heterocycles. The Kier molecular flexibility index (Phi) is 9.15. The number of hydrogen-bond donors (Lipinski definition) is 2. The third-order valence-corrected chi connectivity index (χ3v) is 6.36. The summed E-state index contributed by atoms with van der Waals surface area (Å²) >= 11 is 0. The van der Waals surface area contributed by atoms with Crippen molar-refractivity contribution in [2.45, 2.75) is 13.0 Å². The van der Waals surface area contributed by atoms with Gasteiger partial charge in [0.15, 0.2) is 0 Å². The summed E-state index contributed by atoms with van der Waals surface area (Å²) in [6.07, 6.45) is 0.816. The Morgan fingerprint density at radius 2 is 1.57 bits per heavy atom. The molecule has 9 heteroatoms. The van der Waals surface area contributed by atoms with Crippen LogP contribution in [0.1, 0.15) is 12.0 Å². The van der Waals surface area contributed by atoms with Gasteiger partial charge in [-0.1, -0.05) is 24.3 Å². The zero-order valence-corrected chi connectivity index (χ0v) is 21.0. The summed E-state index contributed by atoms with van der Waals surface area (Å²) in [5.74, 6) is 0.197. The van der Waals surface area contributed by atoms with Crippen LogP contribution in [0.15, 0.2) is 72.8 Å². The molecule has 3 aromatic rings. The molecule has 2 amide bonds.